The first-order valence-corrected chi connectivity index (χ1v) is 11.6. The zero-order chi connectivity index (χ0) is 22.6. The standard InChI is InChI=1S/C24H30N2O4S/c1-15(2)21(28)25-8-10-26(11-9-25)22(29)20-19-16(27)13-23(3,4)14-17(19)30-24(20,5)18-7-6-12-31-18/h6-7,12,20H,1,8-11,13-14H2,2-5H3. The molecule has 1 saturated heterocycles. The number of thiophene rings is 1. The van der Waals surface area contributed by atoms with E-state index in [9.17, 15) is 14.4 Å². The van der Waals surface area contributed by atoms with Crippen LogP contribution in [0.2, 0.25) is 0 Å². The maximum absolute atomic E-state index is 13.8. The fourth-order valence-corrected chi connectivity index (χ4v) is 5.83. The Balaban J connectivity index is 1.64. The molecule has 0 bridgehead atoms. The number of carbonyl (C=O) groups is 3. The van der Waals surface area contributed by atoms with Gasteiger partial charge in [0.1, 0.15) is 11.7 Å². The summed E-state index contributed by atoms with van der Waals surface area (Å²) in [5, 5.41) is 1.97. The minimum Gasteiger partial charge on any atom is -0.485 e. The molecule has 31 heavy (non-hydrogen) atoms. The van der Waals surface area contributed by atoms with Crippen molar-refractivity contribution in [2.75, 3.05) is 26.2 Å². The summed E-state index contributed by atoms with van der Waals surface area (Å²) >= 11 is 1.54. The second-order valence-corrected chi connectivity index (χ2v) is 10.7. The largest absolute Gasteiger partial charge is 0.485 e. The van der Waals surface area contributed by atoms with Crippen LogP contribution in [0.4, 0.5) is 0 Å². The van der Waals surface area contributed by atoms with Crippen LogP contribution in [0.3, 0.4) is 0 Å². The van der Waals surface area contributed by atoms with Crippen LogP contribution in [-0.4, -0.2) is 53.6 Å². The lowest BCUT2D eigenvalue weighted by Gasteiger charge is -2.39. The minimum absolute atomic E-state index is 0.0148. The van der Waals surface area contributed by atoms with Gasteiger partial charge in [0.15, 0.2) is 11.4 Å². The predicted molar refractivity (Wildman–Crippen MR) is 119 cm³/mol. The van der Waals surface area contributed by atoms with Crippen LogP contribution in [0.25, 0.3) is 0 Å². The lowest BCUT2D eigenvalue weighted by Crippen LogP contribution is -2.54. The average Bonchev–Trinajstić information content (AvgIpc) is 3.33. The van der Waals surface area contributed by atoms with Gasteiger partial charge in [0.2, 0.25) is 11.8 Å². The van der Waals surface area contributed by atoms with Crippen LogP contribution in [0.15, 0.2) is 41.0 Å². The molecule has 7 heteroatoms. The summed E-state index contributed by atoms with van der Waals surface area (Å²) in [4.78, 5) is 43.7. The molecule has 0 spiro atoms. The van der Waals surface area contributed by atoms with E-state index in [0.717, 1.165) is 4.88 Å². The third kappa shape index (κ3) is 3.73. The van der Waals surface area contributed by atoms with Crippen molar-refractivity contribution >= 4 is 28.9 Å². The van der Waals surface area contributed by atoms with Gasteiger partial charge in [0.05, 0.1) is 0 Å². The van der Waals surface area contributed by atoms with Gasteiger partial charge in [-0.3, -0.25) is 14.4 Å². The minimum atomic E-state index is -0.892. The quantitative estimate of drug-likeness (QED) is 0.672. The molecular weight excluding hydrogens is 412 g/mol. The van der Waals surface area contributed by atoms with Crippen molar-refractivity contribution in [3.05, 3.63) is 45.9 Å². The summed E-state index contributed by atoms with van der Waals surface area (Å²) in [5.74, 6) is -0.133. The molecule has 2 amide bonds. The zero-order valence-corrected chi connectivity index (χ0v) is 19.5. The molecule has 1 aromatic rings. The molecule has 2 aliphatic heterocycles. The van der Waals surface area contributed by atoms with Crippen LogP contribution in [0.5, 0.6) is 0 Å². The van der Waals surface area contributed by atoms with Gasteiger partial charge in [-0.25, -0.2) is 0 Å². The Morgan fingerprint density at radius 2 is 1.77 bits per heavy atom. The van der Waals surface area contributed by atoms with Crippen molar-refractivity contribution in [1.82, 2.24) is 9.80 Å². The van der Waals surface area contributed by atoms with Gasteiger partial charge in [-0.15, -0.1) is 11.3 Å². The third-order valence-electron chi connectivity index (χ3n) is 6.55. The first kappa shape index (κ1) is 21.8. The molecule has 0 radical (unpaired) electrons. The fraction of sp³-hybridized carbons (Fsp3) is 0.542. The van der Waals surface area contributed by atoms with Crippen molar-refractivity contribution in [2.45, 2.75) is 46.1 Å². The van der Waals surface area contributed by atoms with Gasteiger partial charge in [0.25, 0.3) is 0 Å². The number of ketones is 1. The van der Waals surface area contributed by atoms with Gasteiger partial charge in [-0.2, -0.15) is 0 Å². The number of carbonyl (C=O) groups excluding carboxylic acids is 3. The number of ether oxygens (including phenoxy) is 1. The Hall–Kier alpha value is -2.41. The van der Waals surface area contributed by atoms with Crippen molar-refractivity contribution in [2.24, 2.45) is 11.3 Å². The van der Waals surface area contributed by atoms with Crippen LogP contribution < -0.4 is 0 Å². The summed E-state index contributed by atoms with van der Waals surface area (Å²) < 4.78 is 6.46. The average molecular weight is 443 g/mol. The Morgan fingerprint density at radius 3 is 2.35 bits per heavy atom. The summed E-state index contributed by atoms with van der Waals surface area (Å²) in [6.07, 6.45) is 1.07. The van der Waals surface area contributed by atoms with E-state index in [4.69, 9.17) is 4.74 Å². The van der Waals surface area contributed by atoms with Crippen molar-refractivity contribution in [1.29, 1.82) is 0 Å². The number of nitrogens with zero attached hydrogens (tertiary/aromatic N) is 2. The molecule has 1 aliphatic carbocycles. The zero-order valence-electron chi connectivity index (χ0n) is 18.7. The molecule has 2 atom stereocenters. The molecule has 3 heterocycles. The molecule has 6 nitrogen and oxygen atoms in total. The van der Waals surface area contributed by atoms with Gasteiger partial charge in [-0.1, -0.05) is 26.5 Å². The summed E-state index contributed by atoms with van der Waals surface area (Å²) in [6.45, 7) is 13.3. The molecule has 4 rings (SSSR count). The van der Waals surface area contributed by atoms with Crippen LogP contribution >= 0.6 is 11.3 Å². The molecule has 166 valence electrons. The maximum atomic E-state index is 13.8. The topological polar surface area (TPSA) is 66.9 Å². The summed E-state index contributed by atoms with van der Waals surface area (Å²) in [6, 6.07) is 3.92. The van der Waals surface area contributed by atoms with Crippen LogP contribution in [-0.2, 0) is 24.7 Å². The van der Waals surface area contributed by atoms with Gasteiger partial charge < -0.3 is 14.5 Å². The lowest BCUT2D eigenvalue weighted by atomic mass is 9.72. The van der Waals surface area contributed by atoms with Crippen molar-refractivity contribution in [3.8, 4) is 0 Å². The van der Waals surface area contributed by atoms with Crippen molar-refractivity contribution in [3.63, 3.8) is 0 Å². The number of hydrogen-bond acceptors (Lipinski definition) is 5. The summed E-state index contributed by atoms with van der Waals surface area (Å²) in [5.41, 5.74) is -0.0183. The highest BCUT2D eigenvalue weighted by atomic mass is 32.1. The maximum Gasteiger partial charge on any atom is 0.249 e. The highest BCUT2D eigenvalue weighted by molar-refractivity contribution is 7.10. The number of piperazine rings is 1. The van der Waals surface area contributed by atoms with E-state index in [1.165, 1.54) is 0 Å². The van der Waals surface area contributed by atoms with E-state index in [-0.39, 0.29) is 23.0 Å². The second-order valence-electron chi connectivity index (χ2n) is 9.80. The van der Waals surface area contributed by atoms with E-state index >= 15 is 0 Å². The molecule has 0 aromatic carbocycles. The number of amides is 2. The first-order chi connectivity index (χ1) is 14.5. The molecule has 0 N–H and O–H groups in total. The Labute approximate surface area is 187 Å². The van der Waals surface area contributed by atoms with Gasteiger partial charge in [0, 0.05) is 55.0 Å². The smallest absolute Gasteiger partial charge is 0.249 e. The number of Topliss-reactive ketones (excluding diaryl/α,β-unsaturated/α-hetero) is 1. The molecular formula is C24H30N2O4S. The molecule has 1 fully saturated rings. The van der Waals surface area contributed by atoms with E-state index in [1.807, 2.05) is 24.4 Å². The van der Waals surface area contributed by atoms with E-state index in [2.05, 4.69) is 20.4 Å². The van der Waals surface area contributed by atoms with Gasteiger partial charge in [-0.05, 0) is 30.7 Å². The molecule has 3 aliphatic rings. The Kier molecular flexibility index (Phi) is 5.36. The number of hydrogen-bond donors (Lipinski definition) is 0. The van der Waals surface area contributed by atoms with E-state index < -0.39 is 11.5 Å². The normalized spacial score (nSPS) is 27.7. The second kappa shape index (κ2) is 7.62. The van der Waals surface area contributed by atoms with Gasteiger partial charge >= 0.3 is 0 Å². The van der Waals surface area contributed by atoms with Crippen molar-refractivity contribution < 1.29 is 19.1 Å². The molecule has 1 aromatic heterocycles. The SMILES string of the molecule is C=C(C)C(=O)N1CCN(C(=O)C2C3=C(CC(C)(C)CC3=O)OC2(C)c2cccs2)CC1. The summed E-state index contributed by atoms with van der Waals surface area (Å²) in [7, 11) is 0. The fourth-order valence-electron chi connectivity index (χ4n) is 4.98. The molecule has 2 unspecified atom stereocenters. The molecule has 0 saturated carbocycles. The first-order valence-electron chi connectivity index (χ1n) is 10.8. The van der Waals surface area contributed by atoms with E-state index in [1.54, 1.807) is 28.1 Å². The third-order valence-corrected chi connectivity index (χ3v) is 7.64. The van der Waals surface area contributed by atoms with Crippen LogP contribution in [0, 0.1) is 11.3 Å². The number of rotatable bonds is 3. The Morgan fingerprint density at radius 1 is 1.13 bits per heavy atom. The predicted octanol–water partition coefficient (Wildman–Crippen LogP) is 3.50. The number of allylic oxidation sites excluding steroid dienone is 1. The van der Waals surface area contributed by atoms with E-state index in [0.29, 0.717) is 55.9 Å². The monoisotopic (exact) mass is 442 g/mol. The highest BCUT2D eigenvalue weighted by Crippen LogP contribution is 2.54. The highest BCUT2D eigenvalue weighted by Gasteiger charge is 2.57. The van der Waals surface area contributed by atoms with Crippen LogP contribution in [0.1, 0.15) is 45.4 Å². The lowest BCUT2D eigenvalue weighted by molar-refractivity contribution is -0.145. The Bertz CT molecular complexity index is 970.